The maximum atomic E-state index is 12.1. The number of hydrazone groups is 1. The Hall–Kier alpha value is -2.77. The zero-order valence-electron chi connectivity index (χ0n) is 13.9. The summed E-state index contributed by atoms with van der Waals surface area (Å²) in [7, 11) is 0. The number of amides is 1. The monoisotopic (exact) mass is 335 g/mol. The van der Waals surface area contributed by atoms with E-state index < -0.39 is 22.7 Å². The lowest BCUT2D eigenvalue weighted by Gasteiger charge is -2.14. The summed E-state index contributed by atoms with van der Waals surface area (Å²) < 4.78 is 5.00. The first-order valence-electron chi connectivity index (χ1n) is 7.66. The van der Waals surface area contributed by atoms with Crippen LogP contribution in [0.15, 0.2) is 29.4 Å². The number of nitrogens with one attached hydrogen (secondary N) is 1. The molecule has 1 aromatic rings. The molecule has 1 atom stereocenters. The Kier molecular flexibility index (Phi) is 7.54. The van der Waals surface area contributed by atoms with Crippen LogP contribution in [0.3, 0.4) is 0 Å². The summed E-state index contributed by atoms with van der Waals surface area (Å²) in [4.78, 5) is 34.4. The molecule has 0 heterocycles. The fourth-order valence-corrected chi connectivity index (χ4v) is 2.13. The maximum Gasteiger partial charge on any atom is 0.314 e. The summed E-state index contributed by atoms with van der Waals surface area (Å²) in [6.07, 6.45) is 1.28. The van der Waals surface area contributed by atoms with Crippen molar-refractivity contribution in [1.29, 1.82) is 0 Å². The van der Waals surface area contributed by atoms with Gasteiger partial charge in [-0.25, -0.2) is 5.43 Å². The third-order valence-electron chi connectivity index (χ3n) is 3.33. The fraction of sp³-hybridized carbons (Fsp3) is 0.438. The Balaban J connectivity index is 2.91. The summed E-state index contributed by atoms with van der Waals surface area (Å²) in [6, 6.07) is 5.58. The van der Waals surface area contributed by atoms with Crippen LogP contribution in [0.1, 0.15) is 44.0 Å². The molecule has 1 unspecified atom stereocenters. The van der Waals surface area contributed by atoms with Crippen molar-refractivity contribution >= 4 is 23.3 Å². The normalized spacial score (nSPS) is 12.4. The van der Waals surface area contributed by atoms with E-state index in [0.717, 1.165) is 6.42 Å². The average Bonchev–Trinajstić information content (AvgIpc) is 2.57. The SMILES string of the molecule is CCCC(C(=O)OCC)C(C)=NNC(=O)c1ccccc1[N+](=O)[O-]. The highest BCUT2D eigenvalue weighted by Crippen LogP contribution is 2.17. The van der Waals surface area contributed by atoms with Gasteiger partial charge in [-0.05, 0) is 26.3 Å². The molecule has 8 heteroatoms. The first-order valence-corrected chi connectivity index (χ1v) is 7.66. The van der Waals surface area contributed by atoms with Crippen molar-refractivity contribution in [2.75, 3.05) is 6.61 Å². The number of carbonyl (C=O) groups excluding carboxylic acids is 2. The molecule has 8 nitrogen and oxygen atoms in total. The Morgan fingerprint density at radius 3 is 2.58 bits per heavy atom. The molecule has 1 aromatic carbocycles. The lowest BCUT2D eigenvalue weighted by Crippen LogP contribution is -2.28. The molecule has 1 amide bonds. The van der Waals surface area contributed by atoms with Crippen LogP contribution < -0.4 is 5.43 Å². The number of nitro groups is 1. The van der Waals surface area contributed by atoms with E-state index in [-0.39, 0.29) is 17.9 Å². The highest BCUT2D eigenvalue weighted by molar-refractivity contribution is 6.03. The van der Waals surface area contributed by atoms with E-state index in [1.807, 2.05) is 6.92 Å². The van der Waals surface area contributed by atoms with Gasteiger partial charge >= 0.3 is 5.97 Å². The van der Waals surface area contributed by atoms with Crippen molar-refractivity contribution < 1.29 is 19.2 Å². The smallest absolute Gasteiger partial charge is 0.314 e. The molecule has 1 rings (SSSR count). The van der Waals surface area contributed by atoms with Crippen LogP contribution in [0.25, 0.3) is 0 Å². The molecule has 0 aliphatic heterocycles. The number of ether oxygens (including phenoxy) is 1. The summed E-state index contributed by atoms with van der Waals surface area (Å²) >= 11 is 0. The van der Waals surface area contributed by atoms with E-state index in [4.69, 9.17) is 4.74 Å². The highest BCUT2D eigenvalue weighted by atomic mass is 16.6. The molecule has 24 heavy (non-hydrogen) atoms. The van der Waals surface area contributed by atoms with Gasteiger partial charge in [0.2, 0.25) is 0 Å². The van der Waals surface area contributed by atoms with Gasteiger partial charge in [-0.1, -0.05) is 25.5 Å². The second-order valence-corrected chi connectivity index (χ2v) is 5.06. The van der Waals surface area contributed by atoms with Gasteiger partial charge in [0.1, 0.15) is 5.56 Å². The van der Waals surface area contributed by atoms with E-state index in [1.54, 1.807) is 13.8 Å². The van der Waals surface area contributed by atoms with Crippen LogP contribution >= 0.6 is 0 Å². The predicted octanol–water partition coefficient (Wildman–Crippen LogP) is 2.68. The first-order chi connectivity index (χ1) is 11.4. The number of hydrogen-bond acceptors (Lipinski definition) is 6. The van der Waals surface area contributed by atoms with Crippen LogP contribution in [-0.2, 0) is 9.53 Å². The molecule has 0 aliphatic rings. The standard InChI is InChI=1S/C16H21N3O5/c1-4-8-12(16(21)24-5-2)11(3)17-18-15(20)13-9-6-7-10-14(13)19(22)23/h6-7,9-10,12H,4-5,8H2,1-3H3,(H,18,20). The topological polar surface area (TPSA) is 111 Å². The summed E-state index contributed by atoms with van der Waals surface area (Å²) in [5.41, 5.74) is 2.26. The van der Waals surface area contributed by atoms with Crippen molar-refractivity contribution in [3.63, 3.8) is 0 Å². The van der Waals surface area contributed by atoms with E-state index in [0.29, 0.717) is 12.1 Å². The third-order valence-corrected chi connectivity index (χ3v) is 3.33. The van der Waals surface area contributed by atoms with Gasteiger partial charge in [0.15, 0.2) is 0 Å². The number of para-hydroxylation sites is 1. The molecular formula is C16H21N3O5. The molecule has 0 radical (unpaired) electrons. The lowest BCUT2D eigenvalue weighted by atomic mass is 9.99. The van der Waals surface area contributed by atoms with Crippen molar-refractivity contribution in [3.05, 3.63) is 39.9 Å². The second kappa shape index (κ2) is 9.39. The van der Waals surface area contributed by atoms with Crippen LogP contribution in [0.4, 0.5) is 5.69 Å². The Morgan fingerprint density at radius 2 is 2.00 bits per heavy atom. The number of carbonyl (C=O) groups is 2. The van der Waals surface area contributed by atoms with E-state index in [1.165, 1.54) is 24.3 Å². The number of nitro benzene ring substituents is 1. The fourth-order valence-electron chi connectivity index (χ4n) is 2.13. The second-order valence-electron chi connectivity index (χ2n) is 5.06. The van der Waals surface area contributed by atoms with Crippen LogP contribution in [-0.4, -0.2) is 29.1 Å². The summed E-state index contributed by atoms with van der Waals surface area (Å²) in [5.74, 6) is -1.66. The van der Waals surface area contributed by atoms with Gasteiger partial charge in [0.05, 0.1) is 17.4 Å². The minimum atomic E-state index is -0.708. The van der Waals surface area contributed by atoms with Gasteiger partial charge in [-0.3, -0.25) is 19.7 Å². The molecule has 0 aromatic heterocycles. The summed E-state index contributed by atoms with van der Waals surface area (Å²) in [6.45, 7) is 5.50. The van der Waals surface area contributed by atoms with Crippen LogP contribution in [0, 0.1) is 16.0 Å². The zero-order chi connectivity index (χ0) is 18.1. The highest BCUT2D eigenvalue weighted by Gasteiger charge is 2.23. The zero-order valence-corrected chi connectivity index (χ0v) is 13.9. The van der Waals surface area contributed by atoms with Crippen molar-refractivity contribution in [1.82, 2.24) is 5.43 Å². The van der Waals surface area contributed by atoms with Crippen molar-refractivity contribution in [3.8, 4) is 0 Å². The predicted molar refractivity (Wildman–Crippen MR) is 88.7 cm³/mol. The van der Waals surface area contributed by atoms with E-state index >= 15 is 0 Å². The third kappa shape index (κ3) is 5.15. The van der Waals surface area contributed by atoms with Crippen molar-refractivity contribution in [2.45, 2.75) is 33.6 Å². The van der Waals surface area contributed by atoms with E-state index in [9.17, 15) is 19.7 Å². The number of hydrogen-bond donors (Lipinski definition) is 1. The number of nitrogens with zero attached hydrogens (tertiary/aromatic N) is 2. The number of esters is 1. The van der Waals surface area contributed by atoms with Crippen LogP contribution in [0.5, 0.6) is 0 Å². The average molecular weight is 335 g/mol. The molecule has 1 N–H and O–H groups in total. The first kappa shape index (κ1) is 19.3. The lowest BCUT2D eigenvalue weighted by molar-refractivity contribution is -0.385. The van der Waals surface area contributed by atoms with E-state index in [2.05, 4.69) is 10.5 Å². The number of benzene rings is 1. The number of rotatable bonds is 8. The quantitative estimate of drug-likeness (QED) is 0.340. The van der Waals surface area contributed by atoms with Crippen molar-refractivity contribution in [2.24, 2.45) is 11.0 Å². The molecule has 0 bridgehead atoms. The van der Waals surface area contributed by atoms with Crippen LogP contribution in [0.2, 0.25) is 0 Å². The summed E-state index contributed by atoms with van der Waals surface area (Å²) in [5, 5.41) is 14.9. The van der Waals surface area contributed by atoms with Gasteiger partial charge in [-0.2, -0.15) is 5.10 Å². The Labute approximate surface area is 140 Å². The molecule has 0 aliphatic carbocycles. The minimum absolute atomic E-state index is 0.0952. The molecule has 0 fully saturated rings. The maximum absolute atomic E-state index is 12.1. The molecule has 130 valence electrons. The molecule has 0 saturated heterocycles. The molecular weight excluding hydrogens is 314 g/mol. The largest absolute Gasteiger partial charge is 0.465 e. The Morgan fingerprint density at radius 1 is 1.33 bits per heavy atom. The Bertz CT molecular complexity index is 642. The van der Waals surface area contributed by atoms with Gasteiger partial charge in [0.25, 0.3) is 11.6 Å². The van der Waals surface area contributed by atoms with Gasteiger partial charge < -0.3 is 4.74 Å². The molecule has 0 saturated carbocycles. The van der Waals surface area contributed by atoms with Gasteiger partial charge in [-0.15, -0.1) is 0 Å². The van der Waals surface area contributed by atoms with Gasteiger partial charge in [0, 0.05) is 11.8 Å². The molecule has 0 spiro atoms. The minimum Gasteiger partial charge on any atom is -0.465 e.